The van der Waals surface area contributed by atoms with Crippen LogP contribution in [-0.2, 0) is 16.6 Å². The van der Waals surface area contributed by atoms with Crippen LogP contribution in [0.5, 0.6) is 5.75 Å². The first-order valence-corrected chi connectivity index (χ1v) is 8.88. The molecule has 0 unspecified atom stereocenters. The van der Waals surface area contributed by atoms with Crippen molar-refractivity contribution < 1.29 is 14.3 Å². The van der Waals surface area contributed by atoms with E-state index in [1.807, 2.05) is 19.4 Å². The van der Waals surface area contributed by atoms with Gasteiger partial charge in [-0.15, -0.1) is 12.4 Å². The lowest BCUT2D eigenvalue weighted by atomic mass is 9.90. The molecule has 1 fully saturated rings. The van der Waals surface area contributed by atoms with E-state index in [2.05, 4.69) is 15.7 Å². The van der Waals surface area contributed by atoms with E-state index >= 15 is 0 Å². The number of aryl methyl sites for hydroxylation is 1. The van der Waals surface area contributed by atoms with Crippen LogP contribution in [0.2, 0.25) is 5.02 Å². The quantitative estimate of drug-likeness (QED) is 0.680. The van der Waals surface area contributed by atoms with E-state index in [0.717, 1.165) is 12.1 Å². The molecule has 2 heterocycles. The Morgan fingerprint density at radius 1 is 1.41 bits per heavy atom. The van der Waals surface area contributed by atoms with Crippen LogP contribution >= 0.6 is 24.0 Å². The maximum absolute atomic E-state index is 12.9. The smallest absolute Gasteiger partial charge is 0.229 e. The highest BCUT2D eigenvalue weighted by atomic mass is 35.5. The molecule has 0 radical (unpaired) electrons. The van der Waals surface area contributed by atoms with E-state index in [-0.39, 0.29) is 30.2 Å². The minimum atomic E-state index is -0.190. The number of nitrogens with zero attached hydrogens (tertiary/aromatic N) is 2. The summed E-state index contributed by atoms with van der Waals surface area (Å²) in [5, 5.41) is 10.9. The molecule has 0 spiro atoms. The molecule has 2 atom stereocenters. The normalized spacial score (nSPS) is 18.8. The fraction of sp³-hybridized carbons (Fsp3) is 0.444. The van der Waals surface area contributed by atoms with Gasteiger partial charge in [-0.3, -0.25) is 9.48 Å². The number of ether oxygens (including phenoxy) is 2. The molecule has 9 heteroatoms. The number of hydrogen-bond acceptors (Lipinski definition) is 5. The van der Waals surface area contributed by atoms with Crippen LogP contribution in [0, 0.1) is 5.92 Å². The number of anilines is 1. The Bertz CT molecular complexity index is 769. The SMILES string of the molecule is COCCOc1c(Cl)cccc1NC(=O)[C@H]1CNC[C@@H]1c1cnn(C)c1.Cl. The number of methoxy groups -OCH3 is 1. The predicted octanol–water partition coefficient (Wildman–Crippen LogP) is 2.46. The molecule has 3 rings (SSSR count). The summed E-state index contributed by atoms with van der Waals surface area (Å²) in [4.78, 5) is 12.9. The summed E-state index contributed by atoms with van der Waals surface area (Å²) in [6.45, 7) is 2.16. The van der Waals surface area contributed by atoms with E-state index in [4.69, 9.17) is 21.1 Å². The van der Waals surface area contributed by atoms with Crippen molar-refractivity contribution in [3.05, 3.63) is 41.2 Å². The number of carbonyl (C=O) groups is 1. The third-order valence-corrected chi connectivity index (χ3v) is 4.76. The van der Waals surface area contributed by atoms with Crippen LogP contribution < -0.4 is 15.4 Å². The largest absolute Gasteiger partial charge is 0.487 e. The van der Waals surface area contributed by atoms with E-state index in [1.54, 1.807) is 30.0 Å². The molecule has 0 aliphatic carbocycles. The van der Waals surface area contributed by atoms with Crippen LogP contribution in [0.4, 0.5) is 5.69 Å². The summed E-state index contributed by atoms with van der Waals surface area (Å²) in [6, 6.07) is 5.30. The van der Waals surface area contributed by atoms with Gasteiger partial charge in [0.1, 0.15) is 6.61 Å². The lowest BCUT2D eigenvalue weighted by Gasteiger charge is -2.19. The molecule has 7 nitrogen and oxygen atoms in total. The van der Waals surface area contributed by atoms with E-state index in [1.165, 1.54) is 0 Å². The molecule has 1 amide bonds. The highest BCUT2D eigenvalue weighted by Crippen LogP contribution is 2.35. The van der Waals surface area contributed by atoms with Gasteiger partial charge in [0.25, 0.3) is 0 Å². The summed E-state index contributed by atoms with van der Waals surface area (Å²) in [7, 11) is 3.47. The lowest BCUT2D eigenvalue weighted by Crippen LogP contribution is -2.28. The first-order chi connectivity index (χ1) is 12.6. The van der Waals surface area contributed by atoms with Gasteiger partial charge in [0.05, 0.1) is 29.4 Å². The molecule has 0 bridgehead atoms. The number of aromatic nitrogens is 2. The zero-order chi connectivity index (χ0) is 18.5. The van der Waals surface area contributed by atoms with E-state index in [9.17, 15) is 4.79 Å². The number of para-hydroxylation sites is 1. The number of nitrogens with one attached hydrogen (secondary N) is 2. The van der Waals surface area contributed by atoms with Crippen molar-refractivity contribution in [2.45, 2.75) is 5.92 Å². The molecule has 2 aromatic rings. The first-order valence-electron chi connectivity index (χ1n) is 8.50. The Hall–Kier alpha value is -1.80. The number of carbonyl (C=O) groups excluding carboxylic acids is 1. The van der Waals surface area contributed by atoms with Gasteiger partial charge in [0.15, 0.2) is 5.75 Å². The predicted molar refractivity (Wildman–Crippen MR) is 107 cm³/mol. The molecule has 1 saturated heterocycles. The van der Waals surface area contributed by atoms with Gasteiger partial charge in [-0.05, 0) is 17.7 Å². The van der Waals surface area contributed by atoms with E-state index in [0.29, 0.717) is 36.2 Å². The second kappa shape index (κ2) is 9.94. The van der Waals surface area contributed by atoms with Gasteiger partial charge in [-0.1, -0.05) is 17.7 Å². The Balaban J connectivity index is 0.00000261. The summed E-state index contributed by atoms with van der Waals surface area (Å²) in [5.41, 5.74) is 1.62. The monoisotopic (exact) mass is 414 g/mol. The minimum Gasteiger partial charge on any atom is -0.487 e. The Kier molecular flexibility index (Phi) is 7.91. The van der Waals surface area contributed by atoms with Crippen molar-refractivity contribution in [1.29, 1.82) is 0 Å². The van der Waals surface area contributed by atoms with Crippen molar-refractivity contribution in [2.75, 3.05) is 38.7 Å². The van der Waals surface area contributed by atoms with Crippen LogP contribution in [0.25, 0.3) is 0 Å². The van der Waals surface area contributed by atoms with Crippen LogP contribution in [-0.4, -0.2) is 49.1 Å². The second-order valence-electron chi connectivity index (χ2n) is 6.27. The van der Waals surface area contributed by atoms with Gasteiger partial charge in [0.2, 0.25) is 5.91 Å². The zero-order valence-corrected chi connectivity index (χ0v) is 16.8. The molecule has 1 aromatic carbocycles. The molecule has 27 heavy (non-hydrogen) atoms. The number of halogens is 2. The van der Waals surface area contributed by atoms with Gasteiger partial charge in [-0.2, -0.15) is 5.10 Å². The number of amides is 1. The maximum atomic E-state index is 12.9. The summed E-state index contributed by atoms with van der Waals surface area (Å²) < 4.78 is 12.4. The topological polar surface area (TPSA) is 77.4 Å². The van der Waals surface area contributed by atoms with Gasteiger partial charge >= 0.3 is 0 Å². The molecule has 1 aliphatic rings. The summed E-state index contributed by atoms with van der Waals surface area (Å²) in [6.07, 6.45) is 3.77. The van der Waals surface area contributed by atoms with E-state index < -0.39 is 0 Å². The average molecular weight is 415 g/mol. The van der Waals surface area contributed by atoms with Crippen molar-refractivity contribution in [3.8, 4) is 5.75 Å². The molecule has 1 aliphatic heterocycles. The third-order valence-electron chi connectivity index (χ3n) is 4.46. The van der Waals surface area contributed by atoms with Crippen molar-refractivity contribution in [1.82, 2.24) is 15.1 Å². The van der Waals surface area contributed by atoms with Crippen molar-refractivity contribution in [3.63, 3.8) is 0 Å². The average Bonchev–Trinajstić information content (AvgIpc) is 3.26. The summed E-state index contributed by atoms with van der Waals surface area (Å²) >= 11 is 6.24. The van der Waals surface area contributed by atoms with Crippen LogP contribution in [0.3, 0.4) is 0 Å². The molecule has 1 aromatic heterocycles. The lowest BCUT2D eigenvalue weighted by molar-refractivity contribution is -0.119. The molecule has 2 N–H and O–H groups in total. The second-order valence-corrected chi connectivity index (χ2v) is 6.67. The van der Waals surface area contributed by atoms with Gasteiger partial charge < -0.3 is 20.1 Å². The first kappa shape index (κ1) is 21.5. The fourth-order valence-electron chi connectivity index (χ4n) is 3.14. The zero-order valence-electron chi connectivity index (χ0n) is 15.3. The molecular formula is C18H24Cl2N4O3. The Labute approximate surface area is 169 Å². The molecular weight excluding hydrogens is 391 g/mol. The number of hydrogen-bond donors (Lipinski definition) is 2. The molecule has 148 valence electrons. The Morgan fingerprint density at radius 2 is 2.22 bits per heavy atom. The van der Waals surface area contributed by atoms with Crippen molar-refractivity contribution in [2.24, 2.45) is 13.0 Å². The highest BCUT2D eigenvalue weighted by molar-refractivity contribution is 6.32. The Morgan fingerprint density at radius 3 is 2.93 bits per heavy atom. The minimum absolute atomic E-state index is 0. The fourth-order valence-corrected chi connectivity index (χ4v) is 3.37. The standard InChI is InChI=1S/C18H23ClN4O3.ClH/c1-23-11-12(8-21-23)13-9-20-10-14(13)18(24)22-16-5-3-4-15(19)17(16)26-7-6-25-2;/h3-5,8,11,13-14,20H,6-7,9-10H2,1-2H3,(H,22,24);1H/t13-,14+;/m1./s1. The van der Waals surface area contributed by atoms with Crippen LogP contribution in [0.1, 0.15) is 11.5 Å². The third kappa shape index (κ3) is 5.13. The highest BCUT2D eigenvalue weighted by Gasteiger charge is 2.35. The molecule has 0 saturated carbocycles. The van der Waals surface area contributed by atoms with Gasteiger partial charge in [-0.25, -0.2) is 0 Å². The van der Waals surface area contributed by atoms with Crippen molar-refractivity contribution >= 4 is 35.6 Å². The maximum Gasteiger partial charge on any atom is 0.229 e. The summed E-state index contributed by atoms with van der Waals surface area (Å²) in [5.74, 6) is 0.289. The number of benzene rings is 1. The van der Waals surface area contributed by atoms with Crippen LogP contribution in [0.15, 0.2) is 30.6 Å². The number of rotatable bonds is 7. The van der Waals surface area contributed by atoms with Gasteiger partial charge in [0, 0.05) is 39.4 Å².